The van der Waals surface area contributed by atoms with Crippen molar-refractivity contribution in [3.63, 3.8) is 0 Å². The first-order valence-electron chi connectivity index (χ1n) is 5.40. The topological polar surface area (TPSA) is 86.5 Å². The lowest BCUT2D eigenvalue weighted by Gasteiger charge is -2.11. The number of carbonyl (C=O) groups is 1. The van der Waals surface area contributed by atoms with Gasteiger partial charge in [-0.2, -0.15) is 0 Å². The van der Waals surface area contributed by atoms with Crippen molar-refractivity contribution in [3.05, 3.63) is 23.4 Å². The van der Waals surface area contributed by atoms with Crippen LogP contribution in [0.1, 0.15) is 0 Å². The molecule has 0 saturated carbocycles. The molecule has 1 aromatic heterocycles. The molecule has 0 aliphatic heterocycles. The molecule has 1 amide bonds. The van der Waals surface area contributed by atoms with E-state index in [9.17, 15) is 4.79 Å². The van der Waals surface area contributed by atoms with E-state index in [0.29, 0.717) is 24.1 Å². The van der Waals surface area contributed by atoms with Crippen molar-refractivity contribution in [2.24, 2.45) is 5.73 Å². The summed E-state index contributed by atoms with van der Waals surface area (Å²) in [6.07, 6.45) is 1.49. The largest absolute Gasteiger partial charge is 0.476 e. The smallest absolute Gasteiger partial charge is 0.239 e. The number of rotatable bonds is 7. The van der Waals surface area contributed by atoms with Crippen LogP contribution in [-0.4, -0.2) is 43.8 Å². The zero-order valence-electron chi connectivity index (χ0n) is 10.1. The Morgan fingerprint density at radius 2 is 2.39 bits per heavy atom. The molecular weight excluding hydrogens is 258 g/mol. The number of amides is 1. The Balaban J connectivity index is 2.18. The molecular formula is C11H16ClN3O3. The van der Waals surface area contributed by atoms with Gasteiger partial charge in [-0.05, 0) is 6.07 Å². The van der Waals surface area contributed by atoms with Crippen molar-refractivity contribution < 1.29 is 14.3 Å². The Kier molecular flexibility index (Phi) is 6.42. The highest BCUT2D eigenvalue weighted by Gasteiger charge is 2.11. The van der Waals surface area contributed by atoms with E-state index < -0.39 is 6.04 Å². The third-order valence-corrected chi connectivity index (χ3v) is 2.26. The number of nitrogens with two attached hydrogens (primary N) is 1. The van der Waals surface area contributed by atoms with Crippen LogP contribution < -0.4 is 15.8 Å². The summed E-state index contributed by atoms with van der Waals surface area (Å²) in [6.45, 7) is 0.839. The number of halogens is 1. The summed E-state index contributed by atoms with van der Waals surface area (Å²) >= 11 is 5.68. The molecule has 1 heterocycles. The molecule has 0 aliphatic carbocycles. The third kappa shape index (κ3) is 5.31. The molecule has 1 aromatic rings. The number of carbonyl (C=O) groups excluding carboxylic acids is 1. The summed E-state index contributed by atoms with van der Waals surface area (Å²) in [5.74, 6) is 0.180. The number of methoxy groups -OCH3 is 1. The van der Waals surface area contributed by atoms with Crippen LogP contribution in [0, 0.1) is 0 Å². The monoisotopic (exact) mass is 273 g/mol. The van der Waals surface area contributed by atoms with E-state index in [0.717, 1.165) is 0 Å². The Bertz CT molecular complexity index is 372. The molecule has 18 heavy (non-hydrogen) atoms. The van der Waals surface area contributed by atoms with E-state index in [-0.39, 0.29) is 12.5 Å². The van der Waals surface area contributed by atoms with Gasteiger partial charge < -0.3 is 20.5 Å². The van der Waals surface area contributed by atoms with Crippen molar-refractivity contribution >= 4 is 17.5 Å². The number of nitrogens with one attached hydrogen (secondary N) is 1. The summed E-state index contributed by atoms with van der Waals surface area (Å²) in [6, 6.07) is 2.67. The van der Waals surface area contributed by atoms with Crippen molar-refractivity contribution in [1.82, 2.24) is 10.3 Å². The molecule has 1 unspecified atom stereocenters. The van der Waals surface area contributed by atoms with E-state index in [2.05, 4.69) is 10.3 Å². The second-order valence-electron chi connectivity index (χ2n) is 3.52. The highest BCUT2D eigenvalue weighted by atomic mass is 35.5. The Hall–Kier alpha value is -1.37. The summed E-state index contributed by atoms with van der Waals surface area (Å²) in [5.41, 5.74) is 5.53. The molecule has 3 N–H and O–H groups in total. The van der Waals surface area contributed by atoms with Crippen LogP contribution in [0.3, 0.4) is 0 Å². The quantitative estimate of drug-likeness (QED) is 0.693. The van der Waals surface area contributed by atoms with E-state index in [1.165, 1.54) is 13.3 Å². The molecule has 6 nitrogen and oxygen atoms in total. The Morgan fingerprint density at radius 1 is 1.61 bits per heavy atom. The van der Waals surface area contributed by atoms with Crippen LogP contribution in [0.2, 0.25) is 5.02 Å². The predicted octanol–water partition coefficient (Wildman–Crippen LogP) is 0.204. The number of hydrogen-bond donors (Lipinski definition) is 2. The lowest BCUT2D eigenvalue weighted by molar-refractivity contribution is -0.123. The maximum Gasteiger partial charge on any atom is 0.239 e. The van der Waals surface area contributed by atoms with Gasteiger partial charge in [0.15, 0.2) is 0 Å². The highest BCUT2D eigenvalue weighted by molar-refractivity contribution is 6.30. The van der Waals surface area contributed by atoms with Crippen molar-refractivity contribution in [3.8, 4) is 5.88 Å². The molecule has 0 aromatic carbocycles. The molecule has 0 radical (unpaired) electrons. The van der Waals surface area contributed by atoms with Crippen LogP contribution in [0.5, 0.6) is 5.88 Å². The highest BCUT2D eigenvalue weighted by Crippen LogP contribution is 2.10. The predicted molar refractivity (Wildman–Crippen MR) is 67.6 cm³/mol. The minimum absolute atomic E-state index is 0.186. The summed E-state index contributed by atoms with van der Waals surface area (Å²) in [7, 11) is 1.49. The maximum absolute atomic E-state index is 11.4. The minimum Gasteiger partial charge on any atom is -0.476 e. The third-order valence-electron chi connectivity index (χ3n) is 2.03. The number of hydrogen-bond acceptors (Lipinski definition) is 5. The Labute approximate surface area is 110 Å². The minimum atomic E-state index is -0.663. The molecule has 0 saturated heterocycles. The van der Waals surface area contributed by atoms with Gasteiger partial charge in [0.05, 0.1) is 18.2 Å². The fourth-order valence-corrected chi connectivity index (χ4v) is 1.28. The summed E-state index contributed by atoms with van der Waals surface area (Å²) in [5, 5.41) is 3.17. The molecule has 0 spiro atoms. The second-order valence-corrected chi connectivity index (χ2v) is 3.95. The maximum atomic E-state index is 11.4. The summed E-state index contributed by atoms with van der Waals surface area (Å²) in [4.78, 5) is 15.3. The first-order chi connectivity index (χ1) is 8.63. The van der Waals surface area contributed by atoms with E-state index in [1.54, 1.807) is 12.1 Å². The summed E-state index contributed by atoms with van der Waals surface area (Å²) < 4.78 is 10.1. The number of nitrogens with zero attached hydrogens (tertiary/aromatic N) is 1. The van der Waals surface area contributed by atoms with Gasteiger partial charge in [-0.15, -0.1) is 0 Å². The molecule has 1 atom stereocenters. The van der Waals surface area contributed by atoms with Gasteiger partial charge in [0, 0.05) is 19.4 Å². The van der Waals surface area contributed by atoms with Crippen molar-refractivity contribution in [2.45, 2.75) is 6.04 Å². The zero-order chi connectivity index (χ0) is 13.4. The first-order valence-corrected chi connectivity index (χ1v) is 5.78. The van der Waals surface area contributed by atoms with Gasteiger partial charge in [0.1, 0.15) is 12.6 Å². The van der Waals surface area contributed by atoms with E-state index in [4.69, 9.17) is 26.8 Å². The van der Waals surface area contributed by atoms with Crippen LogP contribution in [0.25, 0.3) is 0 Å². The van der Waals surface area contributed by atoms with E-state index >= 15 is 0 Å². The van der Waals surface area contributed by atoms with Crippen LogP contribution in [0.15, 0.2) is 18.3 Å². The van der Waals surface area contributed by atoms with Crippen LogP contribution in [-0.2, 0) is 9.53 Å². The average Bonchev–Trinajstić information content (AvgIpc) is 2.36. The van der Waals surface area contributed by atoms with Gasteiger partial charge >= 0.3 is 0 Å². The lowest BCUT2D eigenvalue weighted by Crippen LogP contribution is -2.44. The van der Waals surface area contributed by atoms with Gasteiger partial charge in [-0.25, -0.2) is 4.98 Å². The van der Waals surface area contributed by atoms with Gasteiger partial charge in [-0.3, -0.25) is 4.79 Å². The van der Waals surface area contributed by atoms with Crippen molar-refractivity contribution in [1.29, 1.82) is 0 Å². The number of ether oxygens (including phenoxy) is 2. The molecule has 0 fully saturated rings. The van der Waals surface area contributed by atoms with Crippen molar-refractivity contribution in [2.75, 3.05) is 26.9 Å². The van der Waals surface area contributed by atoms with E-state index in [1.807, 2.05) is 0 Å². The van der Waals surface area contributed by atoms with Crippen LogP contribution >= 0.6 is 11.6 Å². The Morgan fingerprint density at radius 3 is 3.00 bits per heavy atom. The fraction of sp³-hybridized carbons (Fsp3) is 0.455. The molecule has 7 heteroatoms. The number of pyridine rings is 1. The normalized spacial score (nSPS) is 11.9. The molecule has 1 rings (SSSR count). The van der Waals surface area contributed by atoms with Gasteiger partial charge in [0.25, 0.3) is 0 Å². The SMILES string of the molecule is COCC(N)C(=O)NCCOc1ccc(Cl)cn1. The lowest BCUT2D eigenvalue weighted by atomic mass is 10.3. The van der Waals surface area contributed by atoms with Gasteiger partial charge in [-0.1, -0.05) is 11.6 Å². The zero-order valence-corrected chi connectivity index (χ0v) is 10.8. The molecule has 0 aliphatic rings. The molecule has 100 valence electrons. The second kappa shape index (κ2) is 7.86. The standard InChI is InChI=1S/C11H16ClN3O3/c1-17-7-9(13)11(16)14-4-5-18-10-3-2-8(12)6-15-10/h2-3,6,9H,4-5,7,13H2,1H3,(H,14,16). The first kappa shape index (κ1) is 14.7. The number of aromatic nitrogens is 1. The fourth-order valence-electron chi connectivity index (χ4n) is 1.16. The van der Waals surface area contributed by atoms with Gasteiger partial charge in [0.2, 0.25) is 11.8 Å². The average molecular weight is 274 g/mol. The van der Waals surface area contributed by atoms with Crippen LogP contribution in [0.4, 0.5) is 0 Å². The molecule has 0 bridgehead atoms.